The summed E-state index contributed by atoms with van der Waals surface area (Å²) in [6, 6.07) is 26.6. The average molecular weight is 308 g/mol. The highest BCUT2D eigenvalue weighted by Gasteiger charge is 1.93. The zero-order valence-electron chi connectivity index (χ0n) is 12.8. The Kier molecular flexibility index (Phi) is 6.69. The van der Waals surface area contributed by atoms with Gasteiger partial charge in [0.15, 0.2) is 11.5 Å². The fraction of sp³-hybridized carbons (Fsp3) is 0.100. The third-order valence-electron chi connectivity index (χ3n) is 3.10. The first kappa shape index (κ1) is 16.6. The third kappa shape index (κ3) is 6.24. The molecule has 0 atom stereocenters. The van der Waals surface area contributed by atoms with E-state index < -0.39 is 0 Å². The molecule has 0 amide bonds. The molecule has 3 heteroatoms. The lowest BCUT2D eigenvalue weighted by molar-refractivity contribution is 0.107. The lowest BCUT2D eigenvalue weighted by Crippen LogP contribution is -1.93. The third-order valence-corrected chi connectivity index (χ3v) is 3.10. The maximum atomic E-state index is 8.67. The van der Waals surface area contributed by atoms with Gasteiger partial charge in [0.2, 0.25) is 0 Å². The van der Waals surface area contributed by atoms with Crippen LogP contribution in [-0.4, -0.2) is 10.2 Å². The molecular formula is C20H20O3. The minimum atomic E-state index is -0.0764. The highest BCUT2D eigenvalue weighted by molar-refractivity contribution is 5.36. The summed E-state index contributed by atoms with van der Waals surface area (Å²) in [7, 11) is 0. The molecule has 0 aromatic heterocycles. The van der Waals surface area contributed by atoms with Crippen molar-refractivity contribution in [2.24, 2.45) is 0 Å². The summed E-state index contributed by atoms with van der Waals surface area (Å²) >= 11 is 0. The Bertz CT molecular complexity index is 621. The van der Waals surface area contributed by atoms with Crippen LogP contribution in [0.2, 0.25) is 0 Å². The van der Waals surface area contributed by atoms with E-state index in [1.54, 1.807) is 12.1 Å². The number of phenols is 2. The zero-order valence-corrected chi connectivity index (χ0v) is 12.8. The van der Waals surface area contributed by atoms with Crippen LogP contribution in [0.1, 0.15) is 11.1 Å². The fourth-order valence-corrected chi connectivity index (χ4v) is 1.90. The van der Waals surface area contributed by atoms with Crippen LogP contribution in [0.3, 0.4) is 0 Å². The molecular weight excluding hydrogens is 288 g/mol. The van der Waals surface area contributed by atoms with Gasteiger partial charge >= 0.3 is 0 Å². The molecule has 2 N–H and O–H groups in total. The smallest absolute Gasteiger partial charge is 0.157 e. The average Bonchev–Trinajstić information content (AvgIpc) is 2.60. The second kappa shape index (κ2) is 9.28. The van der Waals surface area contributed by atoms with E-state index in [9.17, 15) is 0 Å². The van der Waals surface area contributed by atoms with Crippen molar-refractivity contribution in [2.75, 3.05) is 0 Å². The van der Waals surface area contributed by atoms with Crippen molar-refractivity contribution < 1.29 is 14.9 Å². The lowest BCUT2D eigenvalue weighted by atomic mass is 10.2. The SMILES string of the molecule is Oc1ccccc1O.c1ccc(COCc2ccccc2)cc1. The standard InChI is InChI=1S/C14H14O.C6H6O2/c1-3-7-13(8-4-1)11-15-12-14-9-5-2-6-10-14;7-5-3-1-2-4-6(5)8/h1-10H,11-12H2;1-4,7-8H. The maximum absolute atomic E-state index is 8.67. The second-order valence-electron chi connectivity index (χ2n) is 4.95. The van der Waals surface area contributed by atoms with E-state index in [1.807, 2.05) is 36.4 Å². The van der Waals surface area contributed by atoms with Gasteiger partial charge in [-0.3, -0.25) is 0 Å². The van der Waals surface area contributed by atoms with Crippen LogP contribution in [0.4, 0.5) is 0 Å². The van der Waals surface area contributed by atoms with E-state index in [2.05, 4.69) is 24.3 Å². The van der Waals surface area contributed by atoms with Gasteiger partial charge in [0.25, 0.3) is 0 Å². The quantitative estimate of drug-likeness (QED) is 0.698. The Morgan fingerprint density at radius 3 is 1.22 bits per heavy atom. The van der Waals surface area contributed by atoms with Crippen molar-refractivity contribution in [2.45, 2.75) is 13.2 Å². The lowest BCUT2D eigenvalue weighted by Gasteiger charge is -2.03. The summed E-state index contributed by atoms with van der Waals surface area (Å²) in [6.07, 6.45) is 0. The molecule has 3 aromatic rings. The van der Waals surface area contributed by atoms with E-state index in [1.165, 1.54) is 23.3 Å². The number of rotatable bonds is 4. The van der Waals surface area contributed by atoms with E-state index in [4.69, 9.17) is 14.9 Å². The predicted octanol–water partition coefficient (Wildman–Crippen LogP) is 4.50. The van der Waals surface area contributed by atoms with Crippen LogP contribution in [0.25, 0.3) is 0 Å². The molecule has 0 radical (unpaired) electrons. The molecule has 0 aliphatic rings. The molecule has 3 aromatic carbocycles. The Morgan fingerprint density at radius 2 is 0.870 bits per heavy atom. The number of phenolic OH excluding ortho intramolecular Hbond substituents is 2. The summed E-state index contributed by atoms with van der Waals surface area (Å²) < 4.78 is 5.61. The zero-order chi connectivity index (χ0) is 16.3. The number of aromatic hydroxyl groups is 2. The first-order chi connectivity index (χ1) is 11.3. The first-order valence-corrected chi connectivity index (χ1v) is 7.38. The van der Waals surface area contributed by atoms with E-state index >= 15 is 0 Å². The van der Waals surface area contributed by atoms with Gasteiger partial charge in [0.05, 0.1) is 13.2 Å². The molecule has 0 bridgehead atoms. The Morgan fingerprint density at radius 1 is 0.522 bits per heavy atom. The van der Waals surface area contributed by atoms with Crippen molar-refractivity contribution in [1.82, 2.24) is 0 Å². The summed E-state index contributed by atoms with van der Waals surface area (Å²) in [5.74, 6) is -0.153. The number of hydrogen-bond donors (Lipinski definition) is 2. The van der Waals surface area contributed by atoms with E-state index in [-0.39, 0.29) is 11.5 Å². The van der Waals surface area contributed by atoms with Gasteiger partial charge in [-0.2, -0.15) is 0 Å². The maximum Gasteiger partial charge on any atom is 0.157 e. The summed E-state index contributed by atoms with van der Waals surface area (Å²) in [5, 5.41) is 17.3. The van der Waals surface area contributed by atoms with E-state index in [0.717, 1.165) is 0 Å². The highest BCUT2D eigenvalue weighted by atomic mass is 16.5. The molecule has 0 aliphatic heterocycles. The van der Waals surface area contributed by atoms with Crippen LogP contribution >= 0.6 is 0 Å². The first-order valence-electron chi connectivity index (χ1n) is 7.38. The van der Waals surface area contributed by atoms with E-state index in [0.29, 0.717) is 13.2 Å². The summed E-state index contributed by atoms with van der Waals surface area (Å²) in [5.41, 5.74) is 2.43. The number of hydrogen-bond acceptors (Lipinski definition) is 3. The van der Waals surface area contributed by atoms with Gasteiger partial charge in [0, 0.05) is 0 Å². The molecule has 0 aliphatic carbocycles. The molecule has 0 spiro atoms. The van der Waals surface area contributed by atoms with Gasteiger partial charge in [-0.15, -0.1) is 0 Å². The minimum absolute atomic E-state index is 0.0764. The van der Waals surface area contributed by atoms with Crippen LogP contribution < -0.4 is 0 Å². The molecule has 0 saturated heterocycles. The van der Waals surface area contributed by atoms with Gasteiger partial charge in [-0.1, -0.05) is 72.8 Å². The van der Waals surface area contributed by atoms with Crippen molar-refractivity contribution in [3.8, 4) is 11.5 Å². The molecule has 3 rings (SSSR count). The predicted molar refractivity (Wildman–Crippen MR) is 91.1 cm³/mol. The van der Waals surface area contributed by atoms with Crippen LogP contribution in [0, 0.1) is 0 Å². The molecule has 118 valence electrons. The topological polar surface area (TPSA) is 49.7 Å². The van der Waals surface area contributed by atoms with Crippen molar-refractivity contribution >= 4 is 0 Å². The molecule has 0 fully saturated rings. The summed E-state index contributed by atoms with van der Waals surface area (Å²) in [6.45, 7) is 1.35. The second-order valence-corrected chi connectivity index (χ2v) is 4.95. The van der Waals surface area contributed by atoms with Crippen LogP contribution in [-0.2, 0) is 18.0 Å². The highest BCUT2D eigenvalue weighted by Crippen LogP contribution is 2.21. The van der Waals surface area contributed by atoms with Crippen LogP contribution in [0.5, 0.6) is 11.5 Å². The monoisotopic (exact) mass is 308 g/mol. The van der Waals surface area contributed by atoms with Gasteiger partial charge in [-0.25, -0.2) is 0 Å². The van der Waals surface area contributed by atoms with Gasteiger partial charge in [0.1, 0.15) is 0 Å². The van der Waals surface area contributed by atoms with Crippen LogP contribution in [0.15, 0.2) is 84.9 Å². The molecule has 0 heterocycles. The van der Waals surface area contributed by atoms with Crippen molar-refractivity contribution in [1.29, 1.82) is 0 Å². The Labute approximate surface area is 136 Å². The fourth-order valence-electron chi connectivity index (χ4n) is 1.90. The van der Waals surface area contributed by atoms with Crippen molar-refractivity contribution in [3.05, 3.63) is 96.1 Å². The van der Waals surface area contributed by atoms with Crippen molar-refractivity contribution in [3.63, 3.8) is 0 Å². The van der Waals surface area contributed by atoms with Gasteiger partial charge < -0.3 is 14.9 Å². The normalized spacial score (nSPS) is 9.74. The number of benzene rings is 3. The summed E-state index contributed by atoms with van der Waals surface area (Å²) in [4.78, 5) is 0. The molecule has 3 nitrogen and oxygen atoms in total. The minimum Gasteiger partial charge on any atom is -0.504 e. The molecule has 23 heavy (non-hydrogen) atoms. The Hall–Kier alpha value is -2.78. The number of ether oxygens (including phenoxy) is 1. The largest absolute Gasteiger partial charge is 0.504 e. The Balaban J connectivity index is 0.000000203. The number of para-hydroxylation sites is 2. The molecule has 0 unspecified atom stereocenters. The molecule has 0 saturated carbocycles. The van der Waals surface area contributed by atoms with Gasteiger partial charge in [-0.05, 0) is 23.3 Å².